The van der Waals surface area contributed by atoms with Gasteiger partial charge in [-0.15, -0.1) is 0 Å². The number of urea groups is 1. The lowest BCUT2D eigenvalue weighted by Gasteiger charge is -2.41. The Morgan fingerprint density at radius 2 is 1.86 bits per heavy atom. The number of amides is 3. The minimum absolute atomic E-state index is 0.0198. The van der Waals surface area contributed by atoms with Crippen molar-refractivity contribution < 1.29 is 14.0 Å². The van der Waals surface area contributed by atoms with Crippen LogP contribution in [0.4, 0.5) is 20.6 Å². The first-order chi connectivity index (χ1) is 13.8. The summed E-state index contributed by atoms with van der Waals surface area (Å²) in [5, 5.41) is 5.50. The predicted octanol–water partition coefficient (Wildman–Crippen LogP) is 3.71. The highest BCUT2D eigenvalue weighted by molar-refractivity contribution is 5.97. The molecule has 2 N–H and O–H groups in total. The van der Waals surface area contributed by atoms with Crippen LogP contribution < -0.4 is 15.5 Å². The number of rotatable bonds is 4. The minimum atomic E-state index is -0.309. The van der Waals surface area contributed by atoms with E-state index in [-0.39, 0.29) is 29.8 Å². The maximum absolute atomic E-state index is 14.1. The first-order valence-corrected chi connectivity index (χ1v) is 9.83. The van der Waals surface area contributed by atoms with Gasteiger partial charge >= 0.3 is 6.03 Å². The van der Waals surface area contributed by atoms with Crippen LogP contribution in [-0.2, 0) is 0 Å². The van der Waals surface area contributed by atoms with E-state index in [9.17, 15) is 14.0 Å². The number of anilines is 2. The van der Waals surface area contributed by atoms with E-state index in [0.717, 1.165) is 0 Å². The van der Waals surface area contributed by atoms with Gasteiger partial charge in [0, 0.05) is 43.0 Å². The summed E-state index contributed by atoms with van der Waals surface area (Å²) in [5.41, 5.74) is 1.64. The molecule has 154 valence electrons. The van der Waals surface area contributed by atoms with Gasteiger partial charge in [-0.1, -0.05) is 18.2 Å². The Balaban J connectivity index is 1.67. The quantitative estimate of drug-likeness (QED) is 0.825. The molecule has 1 aliphatic heterocycles. The van der Waals surface area contributed by atoms with Gasteiger partial charge in [-0.2, -0.15) is 0 Å². The number of halogens is 1. The third kappa shape index (κ3) is 5.04. The lowest BCUT2D eigenvalue weighted by molar-refractivity contribution is 0.0674. The lowest BCUT2D eigenvalue weighted by Crippen LogP contribution is -2.54. The Hall–Kier alpha value is -3.09. The van der Waals surface area contributed by atoms with Crippen molar-refractivity contribution in [3.8, 4) is 0 Å². The number of nitrogens with one attached hydrogen (secondary N) is 2. The zero-order valence-corrected chi connectivity index (χ0v) is 17.0. The molecule has 0 saturated carbocycles. The molecule has 6 nitrogen and oxygen atoms in total. The summed E-state index contributed by atoms with van der Waals surface area (Å²) >= 11 is 0. The molecule has 0 unspecified atom stereocenters. The molecule has 1 heterocycles. The van der Waals surface area contributed by atoms with E-state index in [1.807, 2.05) is 31.7 Å². The molecule has 1 saturated heterocycles. The first-order valence-electron chi connectivity index (χ1n) is 9.83. The van der Waals surface area contributed by atoms with Crippen LogP contribution in [0.2, 0.25) is 0 Å². The Bertz CT molecular complexity index is 887. The highest BCUT2D eigenvalue weighted by atomic mass is 19.1. The molecule has 0 radical (unpaired) electrons. The summed E-state index contributed by atoms with van der Waals surface area (Å²) in [7, 11) is 0. The maximum Gasteiger partial charge on any atom is 0.319 e. The van der Waals surface area contributed by atoms with E-state index < -0.39 is 0 Å². The molecule has 3 amide bonds. The van der Waals surface area contributed by atoms with E-state index in [0.29, 0.717) is 36.6 Å². The molecule has 1 aliphatic rings. The van der Waals surface area contributed by atoms with Crippen molar-refractivity contribution in [1.82, 2.24) is 10.2 Å². The molecule has 0 aliphatic carbocycles. The van der Waals surface area contributed by atoms with E-state index in [4.69, 9.17) is 0 Å². The highest BCUT2D eigenvalue weighted by Crippen LogP contribution is 2.23. The van der Waals surface area contributed by atoms with Crippen molar-refractivity contribution in [2.45, 2.75) is 32.9 Å². The van der Waals surface area contributed by atoms with Crippen LogP contribution >= 0.6 is 0 Å². The zero-order chi connectivity index (χ0) is 21.0. The predicted molar refractivity (Wildman–Crippen MR) is 113 cm³/mol. The van der Waals surface area contributed by atoms with E-state index in [1.165, 1.54) is 6.07 Å². The van der Waals surface area contributed by atoms with Crippen molar-refractivity contribution in [1.29, 1.82) is 0 Å². The van der Waals surface area contributed by atoms with Gasteiger partial charge in [0.2, 0.25) is 0 Å². The molecule has 1 atom stereocenters. The Morgan fingerprint density at radius 3 is 2.55 bits per heavy atom. The summed E-state index contributed by atoms with van der Waals surface area (Å²) in [5.74, 6) is -0.350. The standard InChI is InChI=1S/C22H27FN4O2/c1-15(2)24-22(29)25-18-8-6-7-17(13-18)21(28)27-12-11-26(14-16(27)3)20-10-5-4-9-19(20)23/h4-10,13,15-16H,11-12,14H2,1-3H3,(H2,24,25,29)/t16-/m1/s1. The van der Waals surface area contributed by atoms with Crippen molar-refractivity contribution in [3.63, 3.8) is 0 Å². The Kier molecular flexibility index (Phi) is 6.36. The van der Waals surface area contributed by atoms with Crippen LogP contribution in [0.5, 0.6) is 0 Å². The zero-order valence-electron chi connectivity index (χ0n) is 17.0. The normalized spacial score (nSPS) is 16.7. The van der Waals surface area contributed by atoms with Gasteiger partial charge in [-0.3, -0.25) is 4.79 Å². The number of nitrogens with zero attached hydrogens (tertiary/aromatic N) is 2. The summed E-state index contributed by atoms with van der Waals surface area (Å²) in [6.07, 6.45) is 0. The van der Waals surface area contributed by atoms with Gasteiger partial charge < -0.3 is 20.4 Å². The van der Waals surface area contributed by atoms with Gasteiger partial charge in [0.25, 0.3) is 5.91 Å². The SMILES string of the molecule is CC(C)NC(=O)Nc1cccc(C(=O)N2CCN(c3ccccc3F)C[C@H]2C)c1. The summed E-state index contributed by atoms with van der Waals surface area (Å²) in [4.78, 5) is 28.7. The number of carbonyl (C=O) groups is 2. The van der Waals surface area contributed by atoms with Gasteiger partial charge in [-0.25, -0.2) is 9.18 Å². The molecule has 29 heavy (non-hydrogen) atoms. The summed E-state index contributed by atoms with van der Waals surface area (Å²) in [6.45, 7) is 7.33. The second kappa shape index (κ2) is 8.94. The van der Waals surface area contributed by atoms with Gasteiger partial charge in [-0.05, 0) is 51.1 Å². The summed E-state index contributed by atoms with van der Waals surface area (Å²) in [6, 6.07) is 13.2. The highest BCUT2D eigenvalue weighted by Gasteiger charge is 2.29. The van der Waals surface area contributed by atoms with Crippen molar-refractivity contribution in [3.05, 3.63) is 59.9 Å². The van der Waals surface area contributed by atoms with Gasteiger partial charge in [0.15, 0.2) is 0 Å². The van der Waals surface area contributed by atoms with Gasteiger partial charge in [0.05, 0.1) is 5.69 Å². The minimum Gasteiger partial charge on any atom is -0.365 e. The third-order valence-corrected chi connectivity index (χ3v) is 4.87. The van der Waals surface area contributed by atoms with E-state index in [1.54, 1.807) is 41.3 Å². The number of carbonyl (C=O) groups excluding carboxylic acids is 2. The van der Waals surface area contributed by atoms with Crippen LogP contribution in [0.25, 0.3) is 0 Å². The lowest BCUT2D eigenvalue weighted by atomic mass is 10.1. The Morgan fingerprint density at radius 1 is 1.10 bits per heavy atom. The molecule has 7 heteroatoms. The van der Waals surface area contributed by atoms with E-state index in [2.05, 4.69) is 10.6 Å². The van der Waals surface area contributed by atoms with Crippen LogP contribution in [0.15, 0.2) is 48.5 Å². The number of piperazine rings is 1. The number of hydrogen-bond acceptors (Lipinski definition) is 3. The second-order valence-corrected chi connectivity index (χ2v) is 7.58. The second-order valence-electron chi connectivity index (χ2n) is 7.58. The largest absolute Gasteiger partial charge is 0.365 e. The van der Waals surface area contributed by atoms with E-state index >= 15 is 0 Å². The average molecular weight is 398 g/mol. The molecule has 0 spiro atoms. The molecule has 1 fully saturated rings. The fourth-order valence-electron chi connectivity index (χ4n) is 3.51. The molecule has 0 bridgehead atoms. The van der Waals surface area contributed by atoms with Crippen LogP contribution in [-0.4, -0.2) is 48.6 Å². The van der Waals surface area contributed by atoms with Crippen LogP contribution in [0.3, 0.4) is 0 Å². The topological polar surface area (TPSA) is 64.7 Å². The fourth-order valence-corrected chi connectivity index (χ4v) is 3.51. The average Bonchev–Trinajstić information content (AvgIpc) is 2.67. The number of hydrogen-bond donors (Lipinski definition) is 2. The Labute approximate surface area is 170 Å². The van der Waals surface area contributed by atoms with Gasteiger partial charge in [0.1, 0.15) is 5.82 Å². The third-order valence-electron chi connectivity index (χ3n) is 4.87. The fraction of sp³-hybridized carbons (Fsp3) is 0.364. The molecule has 3 rings (SSSR count). The molecular formula is C22H27FN4O2. The van der Waals surface area contributed by atoms with Crippen LogP contribution in [0, 0.1) is 5.82 Å². The molecule has 2 aromatic rings. The molecule has 2 aromatic carbocycles. The van der Waals surface area contributed by atoms with Crippen LogP contribution in [0.1, 0.15) is 31.1 Å². The number of para-hydroxylation sites is 1. The number of benzene rings is 2. The first kappa shape index (κ1) is 20.6. The monoisotopic (exact) mass is 398 g/mol. The maximum atomic E-state index is 14.1. The van der Waals surface area contributed by atoms with Crippen molar-refractivity contribution in [2.24, 2.45) is 0 Å². The van der Waals surface area contributed by atoms with Crippen molar-refractivity contribution >= 4 is 23.3 Å². The van der Waals surface area contributed by atoms with Crippen molar-refractivity contribution in [2.75, 3.05) is 29.9 Å². The molecular weight excluding hydrogens is 371 g/mol. The molecule has 0 aromatic heterocycles. The summed E-state index contributed by atoms with van der Waals surface area (Å²) < 4.78 is 14.1. The smallest absolute Gasteiger partial charge is 0.319 e.